The molecule has 0 rings (SSSR count). The van der Waals surface area contributed by atoms with Crippen molar-refractivity contribution in [1.29, 1.82) is 0 Å². The van der Waals surface area contributed by atoms with Gasteiger partial charge in [-0.1, -0.05) is 0 Å². The second kappa shape index (κ2) is 38.2. The van der Waals surface area contributed by atoms with Crippen molar-refractivity contribution in [1.82, 2.24) is 10.6 Å². The first-order valence-electron chi connectivity index (χ1n) is 30.3. The van der Waals surface area contributed by atoms with Crippen LogP contribution in [0.1, 0.15) is 53.4 Å². The van der Waals surface area contributed by atoms with E-state index in [0.29, 0.717) is 25.4 Å². The Morgan fingerprint density at radius 2 is 0.539 bits per heavy atom. The zero-order valence-corrected chi connectivity index (χ0v) is 72.8. The van der Waals surface area contributed by atoms with Crippen molar-refractivity contribution in [3.8, 4) is 0 Å². The molecule has 0 aromatic heterocycles. The van der Waals surface area contributed by atoms with Gasteiger partial charge in [0.2, 0.25) is 0 Å². The average Bonchev–Trinajstić information content (AvgIpc) is 0.843. The van der Waals surface area contributed by atoms with Crippen LogP contribution >= 0.6 is 0 Å². The van der Waals surface area contributed by atoms with E-state index < -0.39 is 148 Å². The fourth-order valence-electron chi connectivity index (χ4n) is 10.1. The molecule has 0 aliphatic carbocycles. The third kappa shape index (κ3) is 36.2. The van der Waals surface area contributed by atoms with Gasteiger partial charge in [0.15, 0.2) is 0 Å². The van der Waals surface area contributed by atoms with Crippen LogP contribution < -0.4 is 10.6 Å². The van der Waals surface area contributed by atoms with E-state index in [4.69, 9.17) is 94.9 Å². The molecule has 0 heterocycles. The highest BCUT2D eigenvalue weighted by Gasteiger charge is 2.57. The van der Waals surface area contributed by atoms with E-state index in [1.807, 2.05) is 124 Å². The maximum absolute atomic E-state index is 13.0. The Labute approximate surface area is 548 Å². The Hall–Kier alpha value is -0.101. The number of hydrogen-bond donors (Lipinski definition) is 2. The smallest absolute Gasteiger partial charge is 0.466 e. The van der Waals surface area contributed by atoms with E-state index in [1.54, 1.807) is 62.7 Å². The second-order valence-electron chi connectivity index (χ2n) is 24.9. The molecule has 41 heteroatoms. The highest BCUT2D eigenvalue weighted by atomic mass is 28.5. The summed E-state index contributed by atoms with van der Waals surface area (Å²) in [6.45, 7) is 46.2. The quantitative estimate of drug-likeness (QED) is 0.0251. The second-order valence-corrected chi connectivity index (χ2v) is 69.5. The van der Waals surface area contributed by atoms with Gasteiger partial charge < -0.3 is 106 Å². The molecule has 0 aromatic carbocycles. The first kappa shape index (κ1) is 88.9. The molecule has 4 atom stereocenters. The number of rotatable bonds is 50. The van der Waals surface area contributed by atoms with E-state index in [2.05, 4.69) is 10.6 Å². The van der Waals surface area contributed by atoms with Crippen LogP contribution in [0.5, 0.6) is 0 Å². The summed E-state index contributed by atoms with van der Waals surface area (Å²) >= 11 is 0. The van der Waals surface area contributed by atoms with Gasteiger partial charge in [-0.2, -0.15) is 0 Å². The van der Waals surface area contributed by atoms with Crippen molar-refractivity contribution in [2.75, 3.05) is 82.2 Å². The molecule has 0 aliphatic rings. The van der Waals surface area contributed by atoms with Crippen LogP contribution in [0.4, 0.5) is 0 Å². The van der Waals surface area contributed by atoms with Crippen LogP contribution in [0.3, 0.4) is 0 Å². The number of carbonyl (C=O) groups is 4. The molecule has 0 bridgehead atoms. The van der Waals surface area contributed by atoms with Crippen molar-refractivity contribution in [2.45, 2.75) is 208 Å². The molecule has 0 saturated heterocycles. The SMILES string of the molecule is CCOC(=O)CC(NCCC[Si](OC)(OC)O[Si](C)(C)O[Si](C)(C)O[Si](C)(C)O[Si](C)(OC)O[Si](C)(C)O[Si](C)(C)O[Si](C)(C)O[Si](CCCNC(CC(=O)OCC)C(=O)OCC)(OC)O[Si](C)(C)O[Si](C)(C)O[Si](C)(C)O[Si](C)(OC)OC)C(=O)OCC. The van der Waals surface area contributed by atoms with E-state index in [-0.39, 0.29) is 51.9 Å². The number of nitrogens with one attached hydrogen (secondary N) is 2. The Kier molecular flexibility index (Phi) is 38.1. The first-order valence-corrected chi connectivity index (χ1v) is 63.9. The number of esters is 4. The van der Waals surface area contributed by atoms with Crippen LogP contribution in [-0.2, 0) is 114 Å². The van der Waals surface area contributed by atoms with Gasteiger partial charge in [0, 0.05) is 67.8 Å². The van der Waals surface area contributed by atoms with Crippen LogP contribution in [0.2, 0.25) is 143 Å². The number of ether oxygens (including phenoxy) is 4. The van der Waals surface area contributed by atoms with Gasteiger partial charge in [0.1, 0.15) is 12.1 Å². The molecule has 0 spiro atoms. The average molecular weight is 1500 g/mol. The standard InChI is InChI=1S/C48H118N2O26Si13/c1-31-61-45(51)41-43(47(53)63-33-3)49-37-35-39-88(58-8,59-9)74-83(23,24)68-78(13,14)66-81(19,20)72-87(30,57-7)73-82(21,22)67-79(15,16)70-85(27,28)76-89(60-10,40-36-38-50-44(48(54)64-34-4)42-46(52)62-32-2)75-84(25,26)69-77(11,12)65-80(17,18)71-86(29,55-5)56-6/h43-44,49-50H,31-42H2,1-30H3. The molecule has 528 valence electrons. The third-order valence-electron chi connectivity index (χ3n) is 12.1. The molecule has 0 amide bonds. The lowest BCUT2D eigenvalue weighted by molar-refractivity contribution is -0.152. The molecule has 2 N–H and O–H groups in total. The summed E-state index contributed by atoms with van der Waals surface area (Å²) in [6.07, 6.45) is 0.485. The predicted octanol–water partition coefficient (Wildman–Crippen LogP) is 8.12. The minimum Gasteiger partial charge on any atom is -0.466 e. The van der Waals surface area contributed by atoms with Crippen LogP contribution in [0, 0.1) is 0 Å². The zero-order chi connectivity index (χ0) is 69.4. The minimum atomic E-state index is -3.82. The van der Waals surface area contributed by atoms with Crippen LogP contribution in [0.15, 0.2) is 0 Å². The number of hydrogen-bond acceptors (Lipinski definition) is 28. The maximum atomic E-state index is 13.0. The topological polar surface area (TPSA) is 295 Å². The predicted molar refractivity (Wildman–Crippen MR) is 365 cm³/mol. The number of carbonyl (C=O) groups excluding carboxylic acids is 4. The maximum Gasteiger partial charge on any atom is 0.491 e. The van der Waals surface area contributed by atoms with Crippen molar-refractivity contribution < 1.29 is 114 Å². The Balaban J connectivity index is 6.67. The van der Waals surface area contributed by atoms with E-state index in [9.17, 15) is 19.2 Å². The Bertz CT molecular complexity index is 2140. The molecule has 4 unspecified atom stereocenters. The van der Waals surface area contributed by atoms with E-state index >= 15 is 0 Å². The molecular formula is C48H118N2O26Si13. The highest BCUT2D eigenvalue weighted by Crippen LogP contribution is 2.34. The van der Waals surface area contributed by atoms with Gasteiger partial charge in [-0.3, -0.25) is 19.2 Å². The largest absolute Gasteiger partial charge is 0.491 e. The molecule has 28 nitrogen and oxygen atoms in total. The lowest BCUT2D eigenvalue weighted by atomic mass is 10.2. The molecule has 0 aromatic rings. The fourth-order valence-corrected chi connectivity index (χ4v) is 70.2. The Morgan fingerprint density at radius 3 is 0.798 bits per heavy atom. The zero-order valence-electron chi connectivity index (χ0n) is 59.8. The molecule has 0 saturated carbocycles. The molecule has 0 fully saturated rings. The molecular weight excluding hydrogens is 1390 g/mol. The minimum absolute atomic E-state index is 0.137. The van der Waals surface area contributed by atoms with Crippen molar-refractivity contribution in [3.05, 3.63) is 0 Å². The normalized spacial score (nSPS) is 15.9. The molecule has 89 heavy (non-hydrogen) atoms. The summed E-state index contributed by atoms with van der Waals surface area (Å²) in [4.78, 5) is 50.5. The van der Waals surface area contributed by atoms with Crippen molar-refractivity contribution in [3.63, 3.8) is 0 Å². The van der Waals surface area contributed by atoms with Gasteiger partial charge in [-0.25, -0.2) is 0 Å². The van der Waals surface area contributed by atoms with Gasteiger partial charge >= 0.3 is 136 Å². The lowest BCUT2D eigenvalue weighted by Crippen LogP contribution is -2.65. The monoisotopic (exact) mass is 1500 g/mol. The summed E-state index contributed by atoms with van der Waals surface area (Å²) in [6, 6.07) is -1.19. The highest BCUT2D eigenvalue weighted by molar-refractivity contribution is 6.93. The summed E-state index contributed by atoms with van der Waals surface area (Å²) in [7, 11) is -32.6. The molecule has 0 aliphatic heterocycles. The first-order chi connectivity index (χ1) is 40.4. The summed E-state index contributed by atoms with van der Waals surface area (Å²) in [5.41, 5.74) is 0. The van der Waals surface area contributed by atoms with Crippen molar-refractivity contribution in [2.24, 2.45) is 0 Å². The van der Waals surface area contributed by atoms with Crippen molar-refractivity contribution >= 4 is 136 Å². The third-order valence-corrected chi connectivity index (χ3v) is 61.7. The van der Waals surface area contributed by atoms with Gasteiger partial charge in [0.05, 0.1) is 39.3 Å². The van der Waals surface area contributed by atoms with E-state index in [0.717, 1.165) is 0 Å². The lowest BCUT2D eigenvalue weighted by Gasteiger charge is -2.45. The van der Waals surface area contributed by atoms with Gasteiger partial charge in [0.25, 0.3) is 0 Å². The summed E-state index contributed by atoms with van der Waals surface area (Å²) in [5, 5.41) is 6.30. The van der Waals surface area contributed by atoms with Gasteiger partial charge in [-0.15, -0.1) is 0 Å². The Morgan fingerprint density at radius 1 is 0.303 bits per heavy atom. The molecule has 0 radical (unpaired) electrons. The fraction of sp³-hybridized carbons (Fsp3) is 0.917. The van der Waals surface area contributed by atoms with Crippen LogP contribution in [-0.4, -0.2) is 230 Å². The van der Waals surface area contributed by atoms with Crippen LogP contribution in [0.25, 0.3) is 0 Å². The summed E-state index contributed by atoms with van der Waals surface area (Å²) in [5.74, 6) is -2.16. The van der Waals surface area contributed by atoms with E-state index in [1.165, 1.54) is 14.2 Å². The van der Waals surface area contributed by atoms with Gasteiger partial charge in [-0.05, 0) is 171 Å². The summed E-state index contributed by atoms with van der Waals surface area (Å²) < 4.78 is 139.